The Balaban J connectivity index is 2.23. The molecule has 1 aromatic carbocycles. The molecule has 150 valence electrons. The van der Waals surface area contributed by atoms with Crippen LogP contribution in [0.25, 0.3) is 12.2 Å². The van der Waals surface area contributed by atoms with E-state index in [9.17, 15) is 10.1 Å². The number of fused-ring (bicyclic) bond motifs is 1. The van der Waals surface area contributed by atoms with Gasteiger partial charge in [-0.25, -0.2) is 4.79 Å². The van der Waals surface area contributed by atoms with Crippen molar-refractivity contribution in [1.82, 2.24) is 4.98 Å². The molecule has 6 heteroatoms. The molecule has 0 spiro atoms. The van der Waals surface area contributed by atoms with Gasteiger partial charge in [0.05, 0.1) is 29.8 Å². The maximum absolute atomic E-state index is 12.9. The molecule has 0 radical (unpaired) electrons. The normalized spacial score (nSPS) is 13.2. The quantitative estimate of drug-likeness (QED) is 0.595. The van der Waals surface area contributed by atoms with E-state index >= 15 is 0 Å². The highest BCUT2D eigenvalue weighted by molar-refractivity contribution is 9.10. The van der Waals surface area contributed by atoms with Crippen molar-refractivity contribution < 1.29 is 14.3 Å². The summed E-state index contributed by atoms with van der Waals surface area (Å²) in [5, 5.41) is 9.35. The third-order valence-corrected chi connectivity index (χ3v) is 5.75. The molecule has 1 aromatic heterocycles. The Kier molecular flexibility index (Phi) is 5.99. The number of hydrogen-bond acceptors (Lipinski definition) is 4. The van der Waals surface area contributed by atoms with Crippen LogP contribution in [0.4, 0.5) is 0 Å². The van der Waals surface area contributed by atoms with Gasteiger partial charge < -0.3 is 14.5 Å². The van der Waals surface area contributed by atoms with Gasteiger partial charge in [0, 0.05) is 34.4 Å². The average molecular weight is 455 g/mol. The van der Waals surface area contributed by atoms with E-state index in [1.807, 2.05) is 50.3 Å². The molecule has 0 saturated heterocycles. The minimum Gasteiger partial charge on any atom is -0.496 e. The summed E-state index contributed by atoms with van der Waals surface area (Å²) in [6.45, 7) is 6.18. The molecule has 0 amide bonds. The SMILES string of the molecule is CCOC(=O)c1c(C(C)(C)c2ccc(OC)c(Br)c2)[nH]c2c1C=CCC(C#N)=C2. The molecule has 1 N–H and O–H groups in total. The fraction of sp³-hybridized carbons (Fsp3) is 0.304. The number of rotatable bonds is 5. The number of esters is 1. The van der Waals surface area contributed by atoms with Gasteiger partial charge in [0.1, 0.15) is 5.75 Å². The highest BCUT2D eigenvalue weighted by Crippen LogP contribution is 2.40. The molecule has 0 unspecified atom stereocenters. The summed E-state index contributed by atoms with van der Waals surface area (Å²) in [5.41, 5.74) is 3.85. The van der Waals surface area contributed by atoms with Crippen molar-refractivity contribution in [2.24, 2.45) is 0 Å². The topological polar surface area (TPSA) is 75.1 Å². The van der Waals surface area contributed by atoms with Crippen LogP contribution in [-0.2, 0) is 10.2 Å². The van der Waals surface area contributed by atoms with E-state index in [4.69, 9.17) is 9.47 Å². The Bertz CT molecular complexity index is 1050. The average Bonchev–Trinajstić information content (AvgIpc) is 2.94. The number of nitriles is 1. The highest BCUT2D eigenvalue weighted by atomic mass is 79.9. The van der Waals surface area contributed by atoms with Gasteiger partial charge in [-0.3, -0.25) is 0 Å². The molecule has 0 fully saturated rings. The molecule has 1 heterocycles. The smallest absolute Gasteiger partial charge is 0.340 e. The van der Waals surface area contributed by atoms with E-state index in [2.05, 4.69) is 27.0 Å². The van der Waals surface area contributed by atoms with Crippen LogP contribution in [0, 0.1) is 11.3 Å². The number of methoxy groups -OCH3 is 1. The van der Waals surface area contributed by atoms with Crippen molar-refractivity contribution in [3.63, 3.8) is 0 Å². The number of aromatic nitrogens is 1. The largest absolute Gasteiger partial charge is 0.496 e. The van der Waals surface area contributed by atoms with Crippen molar-refractivity contribution in [2.75, 3.05) is 13.7 Å². The van der Waals surface area contributed by atoms with Crippen LogP contribution in [0.1, 0.15) is 60.1 Å². The zero-order valence-electron chi connectivity index (χ0n) is 16.9. The van der Waals surface area contributed by atoms with Gasteiger partial charge >= 0.3 is 5.97 Å². The number of nitrogens with zero attached hydrogens (tertiary/aromatic N) is 1. The van der Waals surface area contributed by atoms with Gasteiger partial charge in [-0.15, -0.1) is 0 Å². The molecule has 1 aliphatic carbocycles. The number of allylic oxidation sites excluding steroid dienone is 2. The van der Waals surface area contributed by atoms with Crippen LogP contribution >= 0.6 is 15.9 Å². The van der Waals surface area contributed by atoms with Gasteiger partial charge in [-0.05, 0) is 46.6 Å². The monoisotopic (exact) mass is 454 g/mol. The Labute approximate surface area is 179 Å². The molecule has 0 saturated carbocycles. The first-order chi connectivity index (χ1) is 13.8. The third-order valence-electron chi connectivity index (χ3n) is 5.13. The maximum atomic E-state index is 12.9. The van der Waals surface area contributed by atoms with Gasteiger partial charge in [0.2, 0.25) is 0 Å². The van der Waals surface area contributed by atoms with Crippen molar-refractivity contribution in [3.05, 3.63) is 62.4 Å². The van der Waals surface area contributed by atoms with E-state index in [0.29, 0.717) is 17.6 Å². The summed E-state index contributed by atoms with van der Waals surface area (Å²) in [7, 11) is 1.62. The molecular weight excluding hydrogens is 432 g/mol. The third kappa shape index (κ3) is 3.88. The van der Waals surface area contributed by atoms with Gasteiger partial charge in [-0.1, -0.05) is 32.1 Å². The number of ether oxygens (including phenoxy) is 2. The van der Waals surface area contributed by atoms with Gasteiger partial charge in [0.15, 0.2) is 0 Å². The summed E-state index contributed by atoms with van der Waals surface area (Å²) in [5.74, 6) is 0.362. The minimum atomic E-state index is -0.530. The minimum absolute atomic E-state index is 0.287. The Morgan fingerprint density at radius 3 is 2.76 bits per heavy atom. The zero-order valence-corrected chi connectivity index (χ0v) is 18.5. The molecule has 0 bridgehead atoms. The predicted molar refractivity (Wildman–Crippen MR) is 117 cm³/mol. The lowest BCUT2D eigenvalue weighted by Crippen LogP contribution is -2.23. The van der Waals surface area contributed by atoms with Crippen LogP contribution < -0.4 is 4.74 Å². The number of H-pyrrole nitrogens is 1. The summed E-state index contributed by atoms with van der Waals surface area (Å²) in [4.78, 5) is 16.3. The summed E-state index contributed by atoms with van der Waals surface area (Å²) in [6, 6.07) is 8.08. The maximum Gasteiger partial charge on any atom is 0.340 e. The summed E-state index contributed by atoms with van der Waals surface area (Å²) >= 11 is 3.55. The van der Waals surface area contributed by atoms with Crippen molar-refractivity contribution in [1.29, 1.82) is 5.26 Å². The second kappa shape index (κ2) is 8.30. The molecule has 29 heavy (non-hydrogen) atoms. The second-order valence-corrected chi connectivity index (χ2v) is 8.14. The molecular formula is C23H23BrN2O3. The van der Waals surface area contributed by atoms with Crippen LogP contribution in [0.3, 0.4) is 0 Å². The number of benzene rings is 1. The Hall–Kier alpha value is -2.78. The Morgan fingerprint density at radius 1 is 1.38 bits per heavy atom. The first-order valence-corrected chi connectivity index (χ1v) is 10.2. The predicted octanol–water partition coefficient (Wildman–Crippen LogP) is 5.61. The van der Waals surface area contributed by atoms with Gasteiger partial charge in [0.25, 0.3) is 0 Å². The lowest BCUT2D eigenvalue weighted by molar-refractivity contribution is 0.0524. The molecule has 2 aromatic rings. The molecule has 1 aliphatic rings. The number of carbonyl (C=O) groups is 1. The first-order valence-electron chi connectivity index (χ1n) is 9.38. The fourth-order valence-corrected chi connectivity index (χ4v) is 4.06. The van der Waals surface area contributed by atoms with Crippen LogP contribution in [0.15, 0.2) is 34.3 Å². The number of aromatic amines is 1. The lowest BCUT2D eigenvalue weighted by atomic mass is 9.79. The standard InChI is InChI=1S/C23H23BrN2O3/c1-5-29-22(27)20-16-8-6-7-14(13-25)11-18(16)26-21(20)23(2,3)15-9-10-19(28-4)17(24)12-15/h6,8-12,26H,5,7H2,1-4H3. The molecule has 0 aliphatic heterocycles. The second-order valence-electron chi connectivity index (χ2n) is 7.29. The number of halogens is 1. The number of hydrogen-bond donors (Lipinski definition) is 1. The molecule has 5 nitrogen and oxygen atoms in total. The van der Waals surface area contributed by atoms with E-state index in [1.165, 1.54) is 0 Å². The summed E-state index contributed by atoms with van der Waals surface area (Å²) in [6.07, 6.45) is 6.13. The van der Waals surface area contributed by atoms with Gasteiger partial charge in [-0.2, -0.15) is 5.26 Å². The van der Waals surface area contributed by atoms with E-state index < -0.39 is 5.41 Å². The zero-order chi connectivity index (χ0) is 21.2. The van der Waals surface area contributed by atoms with Crippen molar-refractivity contribution in [2.45, 2.75) is 32.6 Å². The van der Waals surface area contributed by atoms with Crippen LogP contribution in [-0.4, -0.2) is 24.7 Å². The van der Waals surface area contributed by atoms with E-state index in [0.717, 1.165) is 32.7 Å². The fourth-order valence-electron chi connectivity index (χ4n) is 3.52. The van der Waals surface area contributed by atoms with Crippen LogP contribution in [0.2, 0.25) is 0 Å². The molecule has 0 atom stereocenters. The highest BCUT2D eigenvalue weighted by Gasteiger charge is 2.34. The Morgan fingerprint density at radius 2 is 2.14 bits per heavy atom. The first kappa shape index (κ1) is 20.9. The van der Waals surface area contributed by atoms with E-state index in [-0.39, 0.29) is 12.6 Å². The van der Waals surface area contributed by atoms with Crippen LogP contribution in [0.5, 0.6) is 5.75 Å². The van der Waals surface area contributed by atoms with Crippen molar-refractivity contribution >= 4 is 34.1 Å². The lowest BCUT2D eigenvalue weighted by Gasteiger charge is -2.26. The molecule has 3 rings (SSSR count). The number of carbonyl (C=O) groups excluding carboxylic acids is 1. The summed E-state index contributed by atoms with van der Waals surface area (Å²) < 4.78 is 11.5. The van der Waals surface area contributed by atoms with Crippen molar-refractivity contribution in [3.8, 4) is 11.8 Å². The van der Waals surface area contributed by atoms with E-state index in [1.54, 1.807) is 14.0 Å². The number of nitrogens with one attached hydrogen (secondary N) is 1.